The lowest BCUT2D eigenvalue weighted by Gasteiger charge is -2.28. The Hall–Kier alpha value is -0.0800. The SMILES string of the molecule is CCNC(CC1CCCCCC1)C(C)CCOC. The molecule has 0 aromatic rings. The summed E-state index contributed by atoms with van der Waals surface area (Å²) in [4.78, 5) is 0. The smallest absolute Gasteiger partial charge is 0.0465 e. The number of hydrogen-bond donors (Lipinski definition) is 1. The van der Waals surface area contributed by atoms with E-state index in [2.05, 4.69) is 19.2 Å². The highest BCUT2D eigenvalue weighted by molar-refractivity contribution is 4.78. The van der Waals surface area contributed by atoms with Gasteiger partial charge < -0.3 is 10.1 Å². The molecular formula is C16H33NO. The molecule has 0 bridgehead atoms. The Balaban J connectivity index is 2.39. The van der Waals surface area contributed by atoms with Crippen molar-refractivity contribution in [2.45, 2.75) is 71.3 Å². The summed E-state index contributed by atoms with van der Waals surface area (Å²) >= 11 is 0. The topological polar surface area (TPSA) is 21.3 Å². The van der Waals surface area contributed by atoms with Crippen LogP contribution in [0.1, 0.15) is 65.2 Å². The second-order valence-corrected chi connectivity index (χ2v) is 6.02. The van der Waals surface area contributed by atoms with Crippen molar-refractivity contribution in [3.63, 3.8) is 0 Å². The van der Waals surface area contributed by atoms with Crippen LogP contribution in [0.2, 0.25) is 0 Å². The Morgan fingerprint density at radius 3 is 2.39 bits per heavy atom. The Morgan fingerprint density at radius 1 is 1.17 bits per heavy atom. The highest BCUT2D eigenvalue weighted by Crippen LogP contribution is 2.28. The molecule has 2 atom stereocenters. The van der Waals surface area contributed by atoms with Crippen molar-refractivity contribution in [3.05, 3.63) is 0 Å². The molecule has 1 aliphatic rings. The molecule has 18 heavy (non-hydrogen) atoms. The molecular weight excluding hydrogens is 222 g/mol. The third-order valence-corrected chi connectivity index (χ3v) is 4.49. The molecule has 108 valence electrons. The Labute approximate surface area is 114 Å². The van der Waals surface area contributed by atoms with Crippen LogP contribution in [-0.2, 0) is 4.74 Å². The third-order valence-electron chi connectivity index (χ3n) is 4.49. The number of ether oxygens (including phenoxy) is 1. The predicted octanol–water partition coefficient (Wildman–Crippen LogP) is 4.00. The zero-order chi connectivity index (χ0) is 13.2. The zero-order valence-corrected chi connectivity index (χ0v) is 12.7. The average molecular weight is 255 g/mol. The van der Waals surface area contributed by atoms with Gasteiger partial charge in [-0.25, -0.2) is 0 Å². The van der Waals surface area contributed by atoms with Gasteiger partial charge in [-0.15, -0.1) is 0 Å². The van der Waals surface area contributed by atoms with Crippen LogP contribution in [-0.4, -0.2) is 26.3 Å². The summed E-state index contributed by atoms with van der Waals surface area (Å²) < 4.78 is 5.22. The summed E-state index contributed by atoms with van der Waals surface area (Å²) in [5.74, 6) is 1.69. The lowest BCUT2D eigenvalue weighted by Crippen LogP contribution is -2.37. The van der Waals surface area contributed by atoms with Gasteiger partial charge in [-0.2, -0.15) is 0 Å². The Bertz CT molecular complexity index is 188. The quantitative estimate of drug-likeness (QED) is 0.662. The van der Waals surface area contributed by atoms with E-state index < -0.39 is 0 Å². The van der Waals surface area contributed by atoms with Crippen LogP contribution in [0.5, 0.6) is 0 Å². The number of nitrogens with one attached hydrogen (secondary N) is 1. The van der Waals surface area contributed by atoms with Gasteiger partial charge in [0.2, 0.25) is 0 Å². The second kappa shape index (κ2) is 9.80. The van der Waals surface area contributed by atoms with Crippen LogP contribution in [0.4, 0.5) is 0 Å². The molecule has 0 aromatic heterocycles. The maximum Gasteiger partial charge on any atom is 0.0465 e. The lowest BCUT2D eigenvalue weighted by atomic mass is 9.86. The monoisotopic (exact) mass is 255 g/mol. The van der Waals surface area contributed by atoms with E-state index >= 15 is 0 Å². The molecule has 0 radical (unpaired) electrons. The van der Waals surface area contributed by atoms with Gasteiger partial charge in [-0.1, -0.05) is 52.4 Å². The van der Waals surface area contributed by atoms with Crippen molar-refractivity contribution in [3.8, 4) is 0 Å². The summed E-state index contributed by atoms with van der Waals surface area (Å²) in [7, 11) is 1.81. The summed E-state index contributed by atoms with van der Waals surface area (Å²) in [6, 6.07) is 0.688. The minimum Gasteiger partial charge on any atom is -0.385 e. The first-order valence-corrected chi connectivity index (χ1v) is 8.00. The van der Waals surface area contributed by atoms with Gasteiger partial charge in [-0.05, 0) is 31.2 Å². The fraction of sp³-hybridized carbons (Fsp3) is 1.00. The highest BCUT2D eigenvalue weighted by atomic mass is 16.5. The molecule has 0 aliphatic heterocycles. The van der Waals surface area contributed by atoms with Gasteiger partial charge in [0.05, 0.1) is 0 Å². The fourth-order valence-corrected chi connectivity index (χ4v) is 3.24. The van der Waals surface area contributed by atoms with Gasteiger partial charge in [0.1, 0.15) is 0 Å². The van der Waals surface area contributed by atoms with E-state index in [9.17, 15) is 0 Å². The van der Waals surface area contributed by atoms with Crippen molar-refractivity contribution >= 4 is 0 Å². The van der Waals surface area contributed by atoms with Crippen molar-refractivity contribution in [2.75, 3.05) is 20.3 Å². The minimum atomic E-state index is 0.688. The number of hydrogen-bond acceptors (Lipinski definition) is 2. The lowest BCUT2D eigenvalue weighted by molar-refractivity contribution is 0.164. The first-order valence-electron chi connectivity index (χ1n) is 8.00. The van der Waals surface area contributed by atoms with Crippen molar-refractivity contribution in [1.82, 2.24) is 5.32 Å². The van der Waals surface area contributed by atoms with Crippen LogP contribution >= 0.6 is 0 Å². The largest absolute Gasteiger partial charge is 0.385 e. The number of rotatable bonds is 8. The molecule has 1 fully saturated rings. The molecule has 1 rings (SSSR count). The van der Waals surface area contributed by atoms with Crippen molar-refractivity contribution in [2.24, 2.45) is 11.8 Å². The zero-order valence-electron chi connectivity index (χ0n) is 12.7. The molecule has 0 heterocycles. The van der Waals surface area contributed by atoms with Gasteiger partial charge in [0.25, 0.3) is 0 Å². The third kappa shape index (κ3) is 6.19. The van der Waals surface area contributed by atoms with Gasteiger partial charge >= 0.3 is 0 Å². The molecule has 0 saturated heterocycles. The van der Waals surface area contributed by atoms with E-state index in [-0.39, 0.29) is 0 Å². The molecule has 2 unspecified atom stereocenters. The average Bonchev–Trinajstić information content (AvgIpc) is 2.64. The summed E-state index contributed by atoms with van der Waals surface area (Å²) in [5.41, 5.74) is 0. The molecule has 0 spiro atoms. The minimum absolute atomic E-state index is 0.688. The van der Waals surface area contributed by atoms with E-state index in [1.54, 1.807) is 7.11 Å². The molecule has 1 saturated carbocycles. The van der Waals surface area contributed by atoms with Crippen LogP contribution in [0.3, 0.4) is 0 Å². The fourth-order valence-electron chi connectivity index (χ4n) is 3.24. The Kier molecular flexibility index (Phi) is 8.70. The molecule has 0 aromatic carbocycles. The van der Waals surface area contributed by atoms with E-state index in [0.717, 1.165) is 25.0 Å². The van der Waals surface area contributed by atoms with E-state index in [1.807, 2.05) is 0 Å². The predicted molar refractivity (Wildman–Crippen MR) is 78.9 cm³/mol. The van der Waals surface area contributed by atoms with Crippen LogP contribution in [0.25, 0.3) is 0 Å². The molecule has 1 N–H and O–H groups in total. The number of methoxy groups -OCH3 is 1. The molecule has 1 aliphatic carbocycles. The van der Waals surface area contributed by atoms with Crippen molar-refractivity contribution in [1.29, 1.82) is 0 Å². The van der Waals surface area contributed by atoms with Crippen LogP contribution < -0.4 is 5.32 Å². The maximum absolute atomic E-state index is 5.22. The van der Waals surface area contributed by atoms with Crippen LogP contribution in [0, 0.1) is 11.8 Å². The molecule has 0 amide bonds. The van der Waals surface area contributed by atoms with Gasteiger partial charge in [0, 0.05) is 19.8 Å². The Morgan fingerprint density at radius 2 is 1.83 bits per heavy atom. The van der Waals surface area contributed by atoms with E-state index in [0.29, 0.717) is 6.04 Å². The molecule has 2 nitrogen and oxygen atoms in total. The first-order chi connectivity index (χ1) is 8.77. The summed E-state index contributed by atoms with van der Waals surface area (Å²) in [6.45, 7) is 6.59. The van der Waals surface area contributed by atoms with Crippen LogP contribution in [0.15, 0.2) is 0 Å². The van der Waals surface area contributed by atoms with Crippen molar-refractivity contribution < 1.29 is 4.74 Å². The summed E-state index contributed by atoms with van der Waals surface area (Å²) in [5, 5.41) is 3.70. The standard InChI is InChI=1S/C16H33NO/c1-4-17-16(14(2)11-12-18-3)13-15-9-7-5-6-8-10-15/h14-17H,4-13H2,1-3H3. The van der Waals surface area contributed by atoms with E-state index in [4.69, 9.17) is 4.74 Å². The highest BCUT2D eigenvalue weighted by Gasteiger charge is 2.21. The van der Waals surface area contributed by atoms with Gasteiger partial charge in [0.15, 0.2) is 0 Å². The maximum atomic E-state index is 5.22. The second-order valence-electron chi connectivity index (χ2n) is 6.02. The van der Waals surface area contributed by atoms with Gasteiger partial charge in [-0.3, -0.25) is 0 Å². The first kappa shape index (κ1) is 16.0. The van der Waals surface area contributed by atoms with E-state index in [1.165, 1.54) is 51.4 Å². The normalized spacial score (nSPS) is 21.5. The summed E-state index contributed by atoms with van der Waals surface area (Å²) in [6.07, 6.45) is 11.3. The molecule has 2 heteroatoms.